The number of anilines is 2. The van der Waals surface area contributed by atoms with Crippen LogP contribution in [0, 0.1) is 0 Å². The first kappa shape index (κ1) is 12.7. The maximum absolute atomic E-state index is 11.8. The number of nitrogen functional groups attached to an aromatic ring is 1. The molecule has 0 amide bonds. The van der Waals surface area contributed by atoms with Crippen molar-refractivity contribution in [2.75, 3.05) is 23.5 Å². The van der Waals surface area contributed by atoms with Gasteiger partial charge in [-0.25, -0.2) is 4.98 Å². The molecule has 6 nitrogen and oxygen atoms in total. The molecule has 1 heterocycles. The Labute approximate surface area is 95.7 Å². The van der Waals surface area contributed by atoms with Gasteiger partial charge in [0.2, 0.25) is 0 Å². The van der Waals surface area contributed by atoms with E-state index in [-0.39, 0.29) is 5.82 Å². The Kier molecular flexibility index (Phi) is 4.08. The molecule has 0 atom stereocenters. The van der Waals surface area contributed by atoms with Gasteiger partial charge in [-0.05, 0) is 12.1 Å². The lowest BCUT2D eigenvalue weighted by molar-refractivity contribution is 0.449. The Bertz CT molecular complexity index is 425. The Morgan fingerprint density at radius 1 is 1.38 bits per heavy atom. The van der Waals surface area contributed by atoms with Crippen molar-refractivity contribution >= 4 is 21.7 Å². The Balaban J connectivity index is 2.84. The van der Waals surface area contributed by atoms with Crippen molar-refractivity contribution in [1.29, 1.82) is 0 Å². The van der Waals surface area contributed by atoms with E-state index < -0.39 is 10.2 Å². The number of nitrogens with zero attached hydrogens (tertiary/aromatic N) is 2. The zero-order chi connectivity index (χ0) is 12.2. The van der Waals surface area contributed by atoms with Gasteiger partial charge in [-0.2, -0.15) is 12.7 Å². The number of nitrogens with two attached hydrogens (primary N) is 1. The van der Waals surface area contributed by atoms with Gasteiger partial charge in [0.1, 0.15) is 5.82 Å². The predicted molar refractivity (Wildman–Crippen MR) is 64.1 cm³/mol. The maximum Gasteiger partial charge on any atom is 0.302 e. The first-order valence-electron chi connectivity index (χ1n) is 4.99. The Morgan fingerprint density at radius 3 is 2.44 bits per heavy atom. The highest BCUT2D eigenvalue weighted by Crippen LogP contribution is 2.10. The van der Waals surface area contributed by atoms with E-state index in [0.717, 1.165) is 0 Å². The summed E-state index contributed by atoms with van der Waals surface area (Å²) in [6, 6.07) is 3.11. The first-order valence-corrected chi connectivity index (χ1v) is 6.43. The second-order valence-corrected chi connectivity index (χ2v) is 4.84. The normalized spacial score (nSPS) is 11.7. The third kappa shape index (κ3) is 3.07. The summed E-state index contributed by atoms with van der Waals surface area (Å²) in [5.74, 6) is 0.265. The van der Waals surface area contributed by atoms with Crippen molar-refractivity contribution in [1.82, 2.24) is 9.29 Å². The number of nitrogens with one attached hydrogen (secondary N) is 1. The van der Waals surface area contributed by atoms with Gasteiger partial charge in [-0.15, -0.1) is 0 Å². The molecule has 0 aliphatic heterocycles. The summed E-state index contributed by atoms with van der Waals surface area (Å²) < 4.78 is 27.3. The summed E-state index contributed by atoms with van der Waals surface area (Å²) in [4.78, 5) is 3.87. The zero-order valence-corrected chi connectivity index (χ0v) is 10.2. The molecule has 0 bridgehead atoms. The fraction of sp³-hybridized carbons (Fsp3) is 0.444. The van der Waals surface area contributed by atoms with Crippen LogP contribution in [-0.2, 0) is 10.2 Å². The number of rotatable bonds is 5. The highest BCUT2D eigenvalue weighted by atomic mass is 32.2. The topological polar surface area (TPSA) is 88.3 Å². The minimum absolute atomic E-state index is 0.265. The van der Waals surface area contributed by atoms with Crippen molar-refractivity contribution in [3.05, 3.63) is 18.3 Å². The molecule has 0 saturated carbocycles. The molecule has 0 fully saturated rings. The minimum atomic E-state index is -3.51. The van der Waals surface area contributed by atoms with Crippen LogP contribution in [-0.4, -0.2) is 30.8 Å². The van der Waals surface area contributed by atoms with Crippen molar-refractivity contribution in [3.8, 4) is 0 Å². The van der Waals surface area contributed by atoms with Crippen LogP contribution in [0.5, 0.6) is 0 Å². The number of hydrogen-bond acceptors (Lipinski definition) is 4. The molecule has 0 spiro atoms. The van der Waals surface area contributed by atoms with Gasteiger partial charge in [0.25, 0.3) is 0 Å². The zero-order valence-electron chi connectivity index (χ0n) is 9.34. The van der Waals surface area contributed by atoms with E-state index in [1.807, 2.05) is 0 Å². The van der Waals surface area contributed by atoms with Crippen LogP contribution >= 0.6 is 0 Å². The van der Waals surface area contributed by atoms with Crippen LogP contribution in [0.25, 0.3) is 0 Å². The van der Waals surface area contributed by atoms with Crippen molar-refractivity contribution in [2.24, 2.45) is 0 Å². The van der Waals surface area contributed by atoms with Crippen LogP contribution in [0.3, 0.4) is 0 Å². The van der Waals surface area contributed by atoms with Gasteiger partial charge in [-0.1, -0.05) is 13.8 Å². The lowest BCUT2D eigenvalue weighted by Gasteiger charge is -2.18. The minimum Gasteiger partial charge on any atom is -0.397 e. The molecule has 90 valence electrons. The van der Waals surface area contributed by atoms with Crippen molar-refractivity contribution < 1.29 is 8.42 Å². The molecular weight excluding hydrogens is 228 g/mol. The van der Waals surface area contributed by atoms with Crippen LogP contribution in [0.15, 0.2) is 18.3 Å². The summed E-state index contributed by atoms with van der Waals surface area (Å²) in [7, 11) is -3.51. The molecule has 16 heavy (non-hydrogen) atoms. The number of pyridine rings is 1. The largest absolute Gasteiger partial charge is 0.397 e. The summed E-state index contributed by atoms with van der Waals surface area (Å²) in [5.41, 5.74) is 5.94. The standard InChI is InChI=1S/C9H16N4O2S/c1-3-13(4-2)16(14,15)12-9-6-5-8(10)7-11-9/h5-7H,3-4,10H2,1-2H3,(H,11,12). The van der Waals surface area contributed by atoms with E-state index in [1.165, 1.54) is 16.6 Å². The summed E-state index contributed by atoms with van der Waals surface area (Å²) in [5, 5.41) is 0. The SMILES string of the molecule is CCN(CC)S(=O)(=O)Nc1ccc(N)cn1. The van der Waals surface area contributed by atoms with Crippen molar-refractivity contribution in [3.63, 3.8) is 0 Å². The van der Waals surface area contributed by atoms with Gasteiger partial charge in [-0.3, -0.25) is 4.72 Å². The van der Waals surface area contributed by atoms with Gasteiger partial charge >= 0.3 is 10.2 Å². The first-order chi connectivity index (χ1) is 7.49. The highest BCUT2D eigenvalue weighted by Gasteiger charge is 2.18. The quantitative estimate of drug-likeness (QED) is 0.796. The lowest BCUT2D eigenvalue weighted by atomic mass is 10.4. The number of hydrogen-bond donors (Lipinski definition) is 2. The molecule has 1 rings (SSSR count). The van der Waals surface area contributed by atoms with Crippen LogP contribution in [0.2, 0.25) is 0 Å². The van der Waals surface area contributed by atoms with Crippen LogP contribution in [0.1, 0.15) is 13.8 Å². The molecule has 0 radical (unpaired) electrons. The van der Waals surface area contributed by atoms with E-state index in [2.05, 4.69) is 9.71 Å². The van der Waals surface area contributed by atoms with E-state index in [9.17, 15) is 8.42 Å². The Morgan fingerprint density at radius 2 is 2.00 bits per heavy atom. The summed E-state index contributed by atoms with van der Waals surface area (Å²) >= 11 is 0. The van der Waals surface area contributed by atoms with E-state index in [4.69, 9.17) is 5.73 Å². The molecule has 0 aliphatic carbocycles. The molecule has 1 aromatic heterocycles. The third-order valence-corrected chi connectivity index (χ3v) is 3.73. The Hall–Kier alpha value is -1.34. The van der Waals surface area contributed by atoms with Gasteiger partial charge in [0.15, 0.2) is 0 Å². The van der Waals surface area contributed by atoms with E-state index in [1.54, 1.807) is 19.9 Å². The van der Waals surface area contributed by atoms with Crippen LogP contribution in [0.4, 0.5) is 11.5 Å². The predicted octanol–water partition coefficient (Wildman–Crippen LogP) is 0.662. The van der Waals surface area contributed by atoms with E-state index in [0.29, 0.717) is 18.8 Å². The number of aromatic nitrogens is 1. The molecule has 3 N–H and O–H groups in total. The smallest absolute Gasteiger partial charge is 0.302 e. The summed E-state index contributed by atoms with van der Waals surface area (Å²) in [6.45, 7) is 4.39. The van der Waals surface area contributed by atoms with Crippen LogP contribution < -0.4 is 10.5 Å². The van der Waals surface area contributed by atoms with E-state index >= 15 is 0 Å². The molecular formula is C9H16N4O2S. The summed E-state index contributed by atoms with van der Waals surface area (Å²) in [6.07, 6.45) is 1.40. The second-order valence-electron chi connectivity index (χ2n) is 3.17. The second kappa shape index (κ2) is 5.13. The monoisotopic (exact) mass is 244 g/mol. The van der Waals surface area contributed by atoms with Crippen molar-refractivity contribution in [2.45, 2.75) is 13.8 Å². The molecule has 0 saturated heterocycles. The molecule has 0 aliphatic rings. The van der Waals surface area contributed by atoms with Gasteiger partial charge < -0.3 is 5.73 Å². The average Bonchev–Trinajstić information content (AvgIpc) is 2.22. The fourth-order valence-electron chi connectivity index (χ4n) is 1.23. The lowest BCUT2D eigenvalue weighted by Crippen LogP contribution is -2.35. The highest BCUT2D eigenvalue weighted by molar-refractivity contribution is 7.90. The average molecular weight is 244 g/mol. The molecule has 1 aromatic rings. The third-order valence-electron chi connectivity index (χ3n) is 2.07. The molecule has 0 aromatic carbocycles. The maximum atomic E-state index is 11.8. The molecule has 7 heteroatoms. The fourth-order valence-corrected chi connectivity index (χ4v) is 2.42. The van der Waals surface area contributed by atoms with Gasteiger partial charge in [0, 0.05) is 13.1 Å². The van der Waals surface area contributed by atoms with Gasteiger partial charge in [0.05, 0.1) is 11.9 Å². The molecule has 0 unspecified atom stereocenters.